The fraction of sp³-hybridized carbons (Fsp3) is 0.412. The van der Waals surface area contributed by atoms with E-state index in [0.29, 0.717) is 0 Å². The number of aliphatic imine (C=N–C) groups is 1. The van der Waals surface area contributed by atoms with Crippen LogP contribution in [0.15, 0.2) is 34.6 Å². The summed E-state index contributed by atoms with van der Waals surface area (Å²) in [7, 11) is 1.79. The lowest BCUT2D eigenvalue weighted by Crippen LogP contribution is -2.38. The van der Waals surface area contributed by atoms with Gasteiger partial charge in [-0.15, -0.1) is 11.3 Å². The molecule has 1 aromatic carbocycles. The van der Waals surface area contributed by atoms with E-state index in [0.717, 1.165) is 54.0 Å². The Morgan fingerprint density at radius 2 is 1.91 bits per heavy atom. The molecule has 2 rings (SSSR count). The molecular formula is C17H23ClN4S. The maximum Gasteiger partial charge on any atom is 0.190 e. The fourth-order valence-corrected chi connectivity index (χ4v) is 2.98. The highest BCUT2D eigenvalue weighted by molar-refractivity contribution is 7.09. The molecule has 0 unspecified atom stereocenters. The van der Waals surface area contributed by atoms with E-state index in [2.05, 4.69) is 38.1 Å². The highest BCUT2D eigenvalue weighted by Crippen LogP contribution is 2.10. The van der Waals surface area contributed by atoms with Crippen molar-refractivity contribution in [1.82, 2.24) is 15.6 Å². The van der Waals surface area contributed by atoms with Crippen LogP contribution in [-0.4, -0.2) is 31.1 Å². The molecule has 0 radical (unpaired) electrons. The number of aryl methyl sites for hydroxylation is 2. The van der Waals surface area contributed by atoms with Crippen LogP contribution in [0.5, 0.6) is 0 Å². The molecule has 0 aliphatic heterocycles. The van der Waals surface area contributed by atoms with E-state index in [1.165, 1.54) is 5.56 Å². The maximum atomic E-state index is 5.89. The first-order valence-corrected chi connectivity index (χ1v) is 9.03. The molecular weight excluding hydrogens is 328 g/mol. The van der Waals surface area contributed by atoms with Crippen LogP contribution in [0.25, 0.3) is 0 Å². The molecule has 4 nitrogen and oxygen atoms in total. The van der Waals surface area contributed by atoms with Gasteiger partial charge in [0.2, 0.25) is 0 Å². The zero-order chi connectivity index (χ0) is 16.5. The molecule has 0 spiro atoms. The monoisotopic (exact) mass is 350 g/mol. The van der Waals surface area contributed by atoms with Crippen LogP contribution in [0.2, 0.25) is 5.02 Å². The molecule has 2 aromatic rings. The van der Waals surface area contributed by atoms with E-state index in [1.54, 1.807) is 18.4 Å². The summed E-state index contributed by atoms with van der Waals surface area (Å²) in [6.07, 6.45) is 2.99. The lowest BCUT2D eigenvalue weighted by molar-refractivity contribution is 0.736. The molecule has 0 saturated carbocycles. The van der Waals surface area contributed by atoms with Gasteiger partial charge in [0.25, 0.3) is 0 Å². The Bertz CT molecular complexity index is 622. The molecule has 6 heteroatoms. The van der Waals surface area contributed by atoms with Gasteiger partial charge in [-0.2, -0.15) is 0 Å². The number of hydrogen-bond donors (Lipinski definition) is 2. The number of benzene rings is 1. The number of guanidine groups is 1. The van der Waals surface area contributed by atoms with Crippen LogP contribution in [0.4, 0.5) is 0 Å². The molecule has 0 aliphatic rings. The SMILES string of the molecule is CN=C(NCCCc1ccc(Cl)cc1)NCCc1csc(C)n1. The van der Waals surface area contributed by atoms with Crippen molar-refractivity contribution in [2.45, 2.75) is 26.2 Å². The maximum absolute atomic E-state index is 5.89. The average molecular weight is 351 g/mol. The summed E-state index contributed by atoms with van der Waals surface area (Å²) in [6.45, 7) is 3.75. The van der Waals surface area contributed by atoms with Crippen molar-refractivity contribution >= 4 is 28.9 Å². The molecule has 23 heavy (non-hydrogen) atoms. The summed E-state index contributed by atoms with van der Waals surface area (Å²) in [5, 5.41) is 10.7. The zero-order valence-corrected chi connectivity index (χ0v) is 15.2. The summed E-state index contributed by atoms with van der Waals surface area (Å²) < 4.78 is 0. The van der Waals surface area contributed by atoms with Gasteiger partial charge in [0.15, 0.2) is 5.96 Å². The predicted octanol–water partition coefficient (Wildman–Crippen LogP) is 3.45. The fourth-order valence-electron chi connectivity index (χ4n) is 2.20. The number of halogens is 1. The van der Waals surface area contributed by atoms with Gasteiger partial charge >= 0.3 is 0 Å². The van der Waals surface area contributed by atoms with Crippen molar-refractivity contribution in [3.8, 4) is 0 Å². The topological polar surface area (TPSA) is 49.3 Å². The van der Waals surface area contributed by atoms with Crippen LogP contribution < -0.4 is 10.6 Å². The first-order valence-electron chi connectivity index (χ1n) is 7.77. The van der Waals surface area contributed by atoms with Crippen LogP contribution in [0.1, 0.15) is 22.7 Å². The molecule has 0 saturated heterocycles. The van der Waals surface area contributed by atoms with Crippen molar-refractivity contribution in [3.63, 3.8) is 0 Å². The van der Waals surface area contributed by atoms with E-state index < -0.39 is 0 Å². The van der Waals surface area contributed by atoms with Crippen LogP contribution >= 0.6 is 22.9 Å². The summed E-state index contributed by atoms with van der Waals surface area (Å²) in [4.78, 5) is 8.70. The van der Waals surface area contributed by atoms with Crippen molar-refractivity contribution in [2.75, 3.05) is 20.1 Å². The third-order valence-corrected chi connectivity index (χ3v) is 4.49. The highest BCUT2D eigenvalue weighted by Gasteiger charge is 2.01. The summed E-state index contributed by atoms with van der Waals surface area (Å²) in [5.74, 6) is 0.841. The van der Waals surface area contributed by atoms with E-state index in [1.807, 2.05) is 19.1 Å². The number of rotatable bonds is 7. The van der Waals surface area contributed by atoms with Crippen molar-refractivity contribution < 1.29 is 0 Å². The molecule has 124 valence electrons. The van der Waals surface area contributed by atoms with Gasteiger partial charge in [0.05, 0.1) is 10.7 Å². The Kier molecular flexibility index (Phi) is 7.36. The lowest BCUT2D eigenvalue weighted by Gasteiger charge is -2.11. The minimum atomic E-state index is 0.784. The van der Waals surface area contributed by atoms with Crippen LogP contribution in [0, 0.1) is 6.92 Å². The molecule has 0 fully saturated rings. The Balaban J connectivity index is 1.62. The normalized spacial score (nSPS) is 11.5. The van der Waals surface area contributed by atoms with Gasteiger partial charge in [0.1, 0.15) is 0 Å². The quantitative estimate of drug-likeness (QED) is 0.457. The van der Waals surface area contributed by atoms with Gasteiger partial charge in [0, 0.05) is 37.0 Å². The zero-order valence-electron chi connectivity index (χ0n) is 13.6. The van der Waals surface area contributed by atoms with Crippen LogP contribution in [0.3, 0.4) is 0 Å². The number of aromatic nitrogens is 1. The van der Waals surface area contributed by atoms with Crippen molar-refractivity contribution in [3.05, 3.63) is 50.9 Å². The number of thiazole rings is 1. The first-order chi connectivity index (χ1) is 11.2. The second-order valence-corrected chi connectivity index (χ2v) is 6.76. The Morgan fingerprint density at radius 1 is 1.17 bits per heavy atom. The second-order valence-electron chi connectivity index (χ2n) is 5.26. The summed E-state index contributed by atoms with van der Waals surface area (Å²) in [5.41, 5.74) is 2.44. The number of hydrogen-bond acceptors (Lipinski definition) is 3. The minimum Gasteiger partial charge on any atom is -0.356 e. The van der Waals surface area contributed by atoms with E-state index in [9.17, 15) is 0 Å². The third-order valence-electron chi connectivity index (χ3n) is 3.41. The minimum absolute atomic E-state index is 0.784. The Hall–Kier alpha value is -1.59. The van der Waals surface area contributed by atoms with Crippen molar-refractivity contribution in [1.29, 1.82) is 0 Å². The predicted molar refractivity (Wildman–Crippen MR) is 99.7 cm³/mol. The molecule has 1 aromatic heterocycles. The summed E-state index contributed by atoms with van der Waals surface area (Å²) in [6, 6.07) is 8.02. The van der Waals surface area contributed by atoms with Crippen molar-refractivity contribution in [2.24, 2.45) is 4.99 Å². The first kappa shape index (κ1) is 17.8. The summed E-state index contributed by atoms with van der Waals surface area (Å²) >= 11 is 7.58. The third kappa shape index (κ3) is 6.59. The molecule has 1 heterocycles. The molecule has 0 amide bonds. The average Bonchev–Trinajstić information content (AvgIpc) is 2.97. The largest absolute Gasteiger partial charge is 0.356 e. The Labute approximate surface area is 147 Å². The van der Waals surface area contributed by atoms with Gasteiger partial charge in [-0.1, -0.05) is 23.7 Å². The molecule has 2 N–H and O–H groups in total. The van der Waals surface area contributed by atoms with Gasteiger partial charge < -0.3 is 10.6 Å². The van der Waals surface area contributed by atoms with Gasteiger partial charge in [-0.05, 0) is 37.5 Å². The van der Waals surface area contributed by atoms with Gasteiger partial charge in [-0.3, -0.25) is 4.99 Å². The standard InChI is InChI=1S/C17H23ClN4S/c1-13-22-16(12-23-13)9-11-21-17(19-2)20-10-3-4-14-5-7-15(18)8-6-14/h5-8,12H,3-4,9-11H2,1-2H3,(H2,19,20,21). The highest BCUT2D eigenvalue weighted by atomic mass is 35.5. The lowest BCUT2D eigenvalue weighted by atomic mass is 10.1. The second kappa shape index (κ2) is 9.53. The Morgan fingerprint density at radius 3 is 2.57 bits per heavy atom. The smallest absolute Gasteiger partial charge is 0.190 e. The number of nitrogens with zero attached hydrogens (tertiary/aromatic N) is 2. The van der Waals surface area contributed by atoms with E-state index in [-0.39, 0.29) is 0 Å². The van der Waals surface area contributed by atoms with E-state index >= 15 is 0 Å². The molecule has 0 atom stereocenters. The molecule has 0 bridgehead atoms. The van der Waals surface area contributed by atoms with Gasteiger partial charge in [-0.25, -0.2) is 4.98 Å². The molecule has 0 aliphatic carbocycles. The number of nitrogens with one attached hydrogen (secondary N) is 2. The van der Waals surface area contributed by atoms with E-state index in [4.69, 9.17) is 11.6 Å². The van der Waals surface area contributed by atoms with Crippen LogP contribution in [-0.2, 0) is 12.8 Å².